The number of likely N-dealkylation sites (tertiary alicyclic amines) is 1. The lowest BCUT2D eigenvalue weighted by atomic mass is 10.1. The summed E-state index contributed by atoms with van der Waals surface area (Å²) < 4.78 is 0. The standard InChI is InChI=1S/C12H19N3S/c1-9-8-16-12(13-9)7-15-5-4-10-2-3-11(6-15)14-10/h8,10-11,14H,2-7H2,1H3. The Morgan fingerprint density at radius 3 is 3.12 bits per heavy atom. The van der Waals surface area contributed by atoms with E-state index in [1.807, 2.05) is 0 Å². The Bertz CT molecular complexity index is 363. The Morgan fingerprint density at radius 2 is 2.31 bits per heavy atom. The number of hydrogen-bond acceptors (Lipinski definition) is 4. The second-order valence-corrected chi connectivity index (χ2v) is 5.99. The molecule has 3 heterocycles. The molecule has 3 nitrogen and oxygen atoms in total. The molecule has 0 saturated carbocycles. The molecule has 1 N–H and O–H groups in total. The fourth-order valence-corrected chi connectivity index (χ4v) is 3.64. The van der Waals surface area contributed by atoms with Gasteiger partial charge < -0.3 is 5.32 Å². The molecular weight excluding hydrogens is 218 g/mol. The van der Waals surface area contributed by atoms with E-state index in [9.17, 15) is 0 Å². The molecule has 2 saturated heterocycles. The molecule has 2 unspecified atom stereocenters. The molecule has 2 atom stereocenters. The average molecular weight is 237 g/mol. The van der Waals surface area contributed by atoms with Gasteiger partial charge in [0.1, 0.15) is 5.01 Å². The van der Waals surface area contributed by atoms with Crippen molar-refractivity contribution in [2.75, 3.05) is 13.1 Å². The van der Waals surface area contributed by atoms with Gasteiger partial charge in [0.2, 0.25) is 0 Å². The third-order valence-electron chi connectivity index (χ3n) is 3.63. The van der Waals surface area contributed by atoms with Crippen LogP contribution in [0.4, 0.5) is 0 Å². The minimum absolute atomic E-state index is 0.730. The minimum atomic E-state index is 0.730. The quantitative estimate of drug-likeness (QED) is 0.850. The highest BCUT2D eigenvalue weighted by Crippen LogP contribution is 2.22. The zero-order chi connectivity index (χ0) is 11.0. The molecule has 2 aliphatic rings. The maximum Gasteiger partial charge on any atom is 0.107 e. The van der Waals surface area contributed by atoms with Crippen molar-refractivity contribution in [2.24, 2.45) is 0 Å². The number of nitrogens with zero attached hydrogens (tertiary/aromatic N) is 2. The Labute approximate surface area is 101 Å². The van der Waals surface area contributed by atoms with Gasteiger partial charge in [0.15, 0.2) is 0 Å². The minimum Gasteiger partial charge on any atom is -0.310 e. The van der Waals surface area contributed by atoms with Crippen molar-refractivity contribution in [3.8, 4) is 0 Å². The molecule has 0 spiro atoms. The Hall–Kier alpha value is -0.450. The predicted molar refractivity (Wildman–Crippen MR) is 66.7 cm³/mol. The van der Waals surface area contributed by atoms with Crippen LogP contribution in [-0.2, 0) is 6.54 Å². The van der Waals surface area contributed by atoms with Crippen molar-refractivity contribution < 1.29 is 0 Å². The third-order valence-corrected chi connectivity index (χ3v) is 4.58. The van der Waals surface area contributed by atoms with Gasteiger partial charge in [0.05, 0.1) is 6.54 Å². The van der Waals surface area contributed by atoms with Crippen LogP contribution in [0.2, 0.25) is 0 Å². The van der Waals surface area contributed by atoms with Gasteiger partial charge in [-0.25, -0.2) is 4.98 Å². The number of fused-ring (bicyclic) bond motifs is 2. The summed E-state index contributed by atoms with van der Waals surface area (Å²) in [4.78, 5) is 7.12. The van der Waals surface area contributed by atoms with Crippen molar-refractivity contribution in [1.29, 1.82) is 0 Å². The average Bonchev–Trinajstić information content (AvgIpc) is 2.77. The molecule has 1 aromatic heterocycles. The van der Waals surface area contributed by atoms with E-state index < -0.39 is 0 Å². The molecule has 16 heavy (non-hydrogen) atoms. The van der Waals surface area contributed by atoms with Crippen LogP contribution in [0.3, 0.4) is 0 Å². The SMILES string of the molecule is Cc1csc(CN2CCC3CCC(C2)N3)n1. The first-order chi connectivity index (χ1) is 7.79. The molecule has 0 aliphatic carbocycles. The van der Waals surface area contributed by atoms with Gasteiger partial charge in [-0.3, -0.25) is 4.90 Å². The Morgan fingerprint density at radius 1 is 1.44 bits per heavy atom. The highest BCUT2D eigenvalue weighted by Gasteiger charge is 2.29. The molecule has 4 heteroatoms. The molecule has 2 fully saturated rings. The van der Waals surface area contributed by atoms with E-state index >= 15 is 0 Å². The summed E-state index contributed by atoms with van der Waals surface area (Å²) in [6.45, 7) is 5.55. The number of hydrogen-bond donors (Lipinski definition) is 1. The number of rotatable bonds is 2. The van der Waals surface area contributed by atoms with Gasteiger partial charge in [-0.15, -0.1) is 11.3 Å². The third kappa shape index (κ3) is 2.29. The highest BCUT2D eigenvalue weighted by molar-refractivity contribution is 7.09. The van der Waals surface area contributed by atoms with Crippen LogP contribution in [0, 0.1) is 6.92 Å². The molecule has 3 rings (SSSR count). The second kappa shape index (κ2) is 4.43. The lowest BCUT2D eigenvalue weighted by molar-refractivity contribution is 0.250. The summed E-state index contributed by atoms with van der Waals surface area (Å²) >= 11 is 1.80. The maximum absolute atomic E-state index is 4.55. The van der Waals surface area contributed by atoms with Gasteiger partial charge in [-0.1, -0.05) is 0 Å². The summed E-state index contributed by atoms with van der Waals surface area (Å²) in [5.74, 6) is 0. The van der Waals surface area contributed by atoms with E-state index in [2.05, 4.69) is 27.5 Å². The van der Waals surface area contributed by atoms with Crippen molar-refractivity contribution in [1.82, 2.24) is 15.2 Å². The summed E-state index contributed by atoms with van der Waals surface area (Å²) in [5.41, 5.74) is 1.16. The molecule has 88 valence electrons. The van der Waals surface area contributed by atoms with E-state index in [0.29, 0.717) is 0 Å². The zero-order valence-electron chi connectivity index (χ0n) is 9.78. The lowest BCUT2D eigenvalue weighted by Crippen LogP contribution is -2.34. The van der Waals surface area contributed by atoms with E-state index in [0.717, 1.165) is 24.3 Å². The van der Waals surface area contributed by atoms with Gasteiger partial charge in [-0.05, 0) is 26.2 Å². The number of thiazole rings is 1. The van der Waals surface area contributed by atoms with Gasteiger partial charge in [-0.2, -0.15) is 0 Å². The molecule has 0 aromatic carbocycles. The largest absolute Gasteiger partial charge is 0.310 e. The first-order valence-electron chi connectivity index (χ1n) is 6.19. The van der Waals surface area contributed by atoms with Crippen LogP contribution in [0.25, 0.3) is 0 Å². The molecule has 2 bridgehead atoms. The second-order valence-electron chi connectivity index (χ2n) is 5.04. The fraction of sp³-hybridized carbons (Fsp3) is 0.750. The van der Waals surface area contributed by atoms with E-state index in [-0.39, 0.29) is 0 Å². The summed E-state index contributed by atoms with van der Waals surface area (Å²) in [7, 11) is 0. The van der Waals surface area contributed by atoms with Gasteiger partial charge in [0, 0.05) is 36.2 Å². The zero-order valence-corrected chi connectivity index (χ0v) is 10.6. The smallest absolute Gasteiger partial charge is 0.107 e. The van der Waals surface area contributed by atoms with Crippen molar-refractivity contribution in [2.45, 2.75) is 44.8 Å². The highest BCUT2D eigenvalue weighted by atomic mass is 32.1. The van der Waals surface area contributed by atoms with Gasteiger partial charge in [0.25, 0.3) is 0 Å². The Kier molecular flexibility index (Phi) is 2.96. The monoisotopic (exact) mass is 237 g/mol. The van der Waals surface area contributed by atoms with Crippen LogP contribution >= 0.6 is 11.3 Å². The van der Waals surface area contributed by atoms with E-state index in [1.54, 1.807) is 11.3 Å². The van der Waals surface area contributed by atoms with Crippen LogP contribution in [0.5, 0.6) is 0 Å². The summed E-state index contributed by atoms with van der Waals surface area (Å²) in [5, 5.41) is 7.14. The topological polar surface area (TPSA) is 28.2 Å². The lowest BCUT2D eigenvalue weighted by Gasteiger charge is -2.22. The number of aromatic nitrogens is 1. The van der Waals surface area contributed by atoms with Crippen LogP contribution in [0.15, 0.2) is 5.38 Å². The summed E-state index contributed by atoms with van der Waals surface area (Å²) in [6.07, 6.45) is 4.05. The van der Waals surface area contributed by atoms with E-state index in [1.165, 1.54) is 37.4 Å². The Balaban J connectivity index is 1.63. The van der Waals surface area contributed by atoms with Gasteiger partial charge >= 0.3 is 0 Å². The molecule has 1 aromatic rings. The molecule has 2 aliphatic heterocycles. The normalized spacial score (nSPS) is 30.6. The van der Waals surface area contributed by atoms with E-state index in [4.69, 9.17) is 0 Å². The first kappa shape index (κ1) is 10.7. The first-order valence-corrected chi connectivity index (χ1v) is 7.07. The molecule has 0 amide bonds. The van der Waals surface area contributed by atoms with Crippen molar-refractivity contribution in [3.05, 3.63) is 16.1 Å². The van der Waals surface area contributed by atoms with Crippen LogP contribution in [0.1, 0.15) is 30.0 Å². The fourth-order valence-electron chi connectivity index (χ4n) is 2.83. The van der Waals surface area contributed by atoms with Crippen molar-refractivity contribution >= 4 is 11.3 Å². The molecular formula is C12H19N3S. The van der Waals surface area contributed by atoms with Crippen LogP contribution < -0.4 is 5.32 Å². The molecule has 0 radical (unpaired) electrons. The van der Waals surface area contributed by atoms with Crippen molar-refractivity contribution in [3.63, 3.8) is 0 Å². The summed E-state index contributed by atoms with van der Waals surface area (Å²) in [6, 6.07) is 1.52. The maximum atomic E-state index is 4.55. The van der Waals surface area contributed by atoms with Crippen LogP contribution in [-0.4, -0.2) is 35.1 Å². The number of aryl methyl sites for hydroxylation is 1. The number of nitrogens with one attached hydrogen (secondary N) is 1. The predicted octanol–water partition coefficient (Wildman–Crippen LogP) is 1.78.